The smallest absolute Gasteiger partial charge is 0.410 e. The Morgan fingerprint density at radius 1 is 1.39 bits per heavy atom. The molecule has 0 radical (unpaired) electrons. The number of rotatable bonds is 2. The number of carbonyl (C=O) groups is 1. The molecule has 1 aliphatic carbocycles. The number of ether oxygens (including phenoxy) is 1. The monoisotopic (exact) mass is 320 g/mol. The van der Waals surface area contributed by atoms with Crippen LogP contribution < -0.4 is 5.73 Å². The van der Waals surface area contributed by atoms with Crippen LogP contribution >= 0.6 is 0 Å². The Bertz CT molecular complexity index is 620. The summed E-state index contributed by atoms with van der Waals surface area (Å²) < 4.78 is 18.8. The fourth-order valence-electron chi connectivity index (χ4n) is 2.71. The van der Waals surface area contributed by atoms with Crippen LogP contribution in [0.1, 0.15) is 45.6 Å². The molecule has 0 aliphatic heterocycles. The molecule has 23 heavy (non-hydrogen) atoms. The van der Waals surface area contributed by atoms with E-state index in [9.17, 15) is 9.18 Å². The van der Waals surface area contributed by atoms with Gasteiger partial charge in [0.2, 0.25) is 0 Å². The average molecular weight is 320 g/mol. The molecule has 0 heterocycles. The topological polar surface area (TPSA) is 55.6 Å². The van der Waals surface area contributed by atoms with Crippen molar-refractivity contribution < 1.29 is 13.9 Å². The number of halogens is 1. The van der Waals surface area contributed by atoms with Crippen molar-refractivity contribution in [1.82, 2.24) is 4.90 Å². The van der Waals surface area contributed by atoms with Crippen LogP contribution in [0.4, 0.5) is 14.9 Å². The van der Waals surface area contributed by atoms with Crippen molar-refractivity contribution in [2.75, 3.05) is 12.8 Å². The molecule has 0 spiro atoms. The molecular formula is C18H25FN2O2. The maximum atomic E-state index is 13.4. The van der Waals surface area contributed by atoms with E-state index in [1.807, 2.05) is 26.8 Å². The third kappa shape index (κ3) is 4.47. The second-order valence-corrected chi connectivity index (χ2v) is 6.98. The molecular weight excluding hydrogens is 295 g/mol. The van der Waals surface area contributed by atoms with E-state index < -0.39 is 5.60 Å². The van der Waals surface area contributed by atoms with Gasteiger partial charge in [-0.15, -0.1) is 0 Å². The lowest BCUT2D eigenvalue weighted by Gasteiger charge is -2.32. The molecule has 126 valence electrons. The van der Waals surface area contributed by atoms with Crippen molar-refractivity contribution in [3.63, 3.8) is 0 Å². The molecule has 2 rings (SSSR count). The zero-order valence-electron chi connectivity index (χ0n) is 14.2. The first-order chi connectivity index (χ1) is 10.7. The summed E-state index contributed by atoms with van der Waals surface area (Å²) in [6.45, 7) is 5.55. The first kappa shape index (κ1) is 17.3. The number of carbonyl (C=O) groups excluding carboxylic acids is 1. The molecule has 1 unspecified atom stereocenters. The number of hydrogen-bond acceptors (Lipinski definition) is 3. The molecule has 2 N–H and O–H groups in total. The van der Waals surface area contributed by atoms with Gasteiger partial charge >= 0.3 is 6.09 Å². The maximum absolute atomic E-state index is 13.4. The third-order valence-electron chi connectivity index (χ3n) is 3.97. The molecule has 0 saturated carbocycles. The van der Waals surface area contributed by atoms with Crippen molar-refractivity contribution >= 4 is 17.4 Å². The van der Waals surface area contributed by atoms with E-state index >= 15 is 0 Å². The van der Waals surface area contributed by atoms with Gasteiger partial charge in [0.05, 0.1) is 0 Å². The van der Waals surface area contributed by atoms with Crippen LogP contribution in [0.2, 0.25) is 0 Å². The second kappa shape index (κ2) is 6.60. The number of anilines is 1. The molecule has 0 aromatic heterocycles. The highest BCUT2D eigenvalue weighted by Gasteiger charge is 2.27. The van der Waals surface area contributed by atoms with E-state index in [4.69, 9.17) is 10.5 Å². The number of nitrogen functional groups attached to an aromatic ring is 1. The number of nitrogens with two attached hydrogens (primary N) is 1. The summed E-state index contributed by atoms with van der Waals surface area (Å²) in [6.07, 6.45) is 3.99. The first-order valence-electron chi connectivity index (χ1n) is 7.87. The molecule has 0 bridgehead atoms. The van der Waals surface area contributed by atoms with E-state index in [1.165, 1.54) is 12.1 Å². The van der Waals surface area contributed by atoms with Gasteiger partial charge < -0.3 is 15.4 Å². The normalized spacial score (nSPS) is 18.3. The first-order valence-corrected chi connectivity index (χ1v) is 7.87. The lowest BCUT2D eigenvalue weighted by atomic mass is 9.89. The van der Waals surface area contributed by atoms with Gasteiger partial charge in [0.25, 0.3) is 0 Å². The standard InChI is InChI=1S/C18H25FN2O2/c1-18(2,3)23-17(22)21(4)14-8-5-12(6-9-14)15-11-13(19)7-10-16(15)20/h5,7,10-11,14H,6,8-9,20H2,1-4H3. The summed E-state index contributed by atoms with van der Waals surface area (Å²) in [7, 11) is 1.76. The van der Waals surface area contributed by atoms with Gasteiger partial charge in [-0.05, 0) is 63.8 Å². The lowest BCUT2D eigenvalue weighted by Crippen LogP contribution is -2.41. The van der Waals surface area contributed by atoms with Crippen LogP contribution in [0.5, 0.6) is 0 Å². The Morgan fingerprint density at radius 2 is 2.09 bits per heavy atom. The van der Waals surface area contributed by atoms with Crippen molar-refractivity contribution in [2.24, 2.45) is 0 Å². The third-order valence-corrected chi connectivity index (χ3v) is 3.97. The number of hydrogen-bond donors (Lipinski definition) is 1. The zero-order valence-corrected chi connectivity index (χ0v) is 14.2. The van der Waals surface area contributed by atoms with Gasteiger partial charge in [-0.1, -0.05) is 6.08 Å². The molecule has 0 saturated heterocycles. The van der Waals surface area contributed by atoms with E-state index in [0.717, 1.165) is 24.0 Å². The number of benzene rings is 1. The number of nitrogens with zero attached hydrogens (tertiary/aromatic N) is 1. The summed E-state index contributed by atoms with van der Waals surface area (Å²) in [5.41, 5.74) is 7.81. The minimum atomic E-state index is -0.503. The van der Waals surface area contributed by atoms with E-state index in [-0.39, 0.29) is 18.0 Å². The van der Waals surface area contributed by atoms with Gasteiger partial charge in [-0.25, -0.2) is 9.18 Å². The summed E-state index contributed by atoms with van der Waals surface area (Å²) in [6, 6.07) is 4.51. The maximum Gasteiger partial charge on any atom is 0.410 e. The van der Waals surface area contributed by atoms with Crippen LogP contribution in [0.25, 0.3) is 5.57 Å². The van der Waals surface area contributed by atoms with Crippen molar-refractivity contribution in [1.29, 1.82) is 0 Å². The van der Waals surface area contributed by atoms with Gasteiger partial charge in [-0.3, -0.25) is 0 Å². The zero-order chi connectivity index (χ0) is 17.2. The minimum absolute atomic E-state index is 0.0865. The molecule has 4 nitrogen and oxygen atoms in total. The van der Waals surface area contributed by atoms with Crippen molar-refractivity contribution in [2.45, 2.75) is 51.7 Å². The molecule has 1 aromatic carbocycles. The average Bonchev–Trinajstić information content (AvgIpc) is 2.47. The number of amides is 1. The predicted octanol–water partition coefficient (Wildman–Crippen LogP) is 4.21. The molecule has 1 amide bonds. The van der Waals surface area contributed by atoms with Crippen LogP contribution in [0, 0.1) is 5.82 Å². The van der Waals surface area contributed by atoms with Gasteiger partial charge in [-0.2, -0.15) is 0 Å². The minimum Gasteiger partial charge on any atom is -0.444 e. The van der Waals surface area contributed by atoms with Crippen LogP contribution in [0.15, 0.2) is 24.3 Å². The Hall–Kier alpha value is -2.04. The fourth-order valence-corrected chi connectivity index (χ4v) is 2.71. The van der Waals surface area contributed by atoms with E-state index in [2.05, 4.69) is 0 Å². The Morgan fingerprint density at radius 3 is 2.65 bits per heavy atom. The highest BCUT2D eigenvalue weighted by atomic mass is 19.1. The van der Waals surface area contributed by atoms with Crippen LogP contribution in [-0.4, -0.2) is 29.7 Å². The Kier molecular flexibility index (Phi) is 4.97. The van der Waals surface area contributed by atoms with Gasteiger partial charge in [0.1, 0.15) is 11.4 Å². The lowest BCUT2D eigenvalue weighted by molar-refractivity contribution is 0.0215. The molecule has 0 fully saturated rings. The highest BCUT2D eigenvalue weighted by molar-refractivity contribution is 5.76. The Balaban J connectivity index is 2.06. The summed E-state index contributed by atoms with van der Waals surface area (Å²) >= 11 is 0. The summed E-state index contributed by atoms with van der Waals surface area (Å²) in [5.74, 6) is -0.289. The quantitative estimate of drug-likeness (QED) is 0.830. The predicted molar refractivity (Wildman–Crippen MR) is 90.4 cm³/mol. The van der Waals surface area contributed by atoms with Crippen molar-refractivity contribution in [3.8, 4) is 0 Å². The van der Waals surface area contributed by atoms with Gasteiger partial charge in [0.15, 0.2) is 0 Å². The van der Waals surface area contributed by atoms with Crippen molar-refractivity contribution in [3.05, 3.63) is 35.7 Å². The van der Waals surface area contributed by atoms with Gasteiger partial charge in [0, 0.05) is 24.3 Å². The fraction of sp³-hybridized carbons (Fsp3) is 0.500. The highest BCUT2D eigenvalue weighted by Crippen LogP contribution is 2.32. The van der Waals surface area contributed by atoms with E-state index in [1.54, 1.807) is 18.0 Å². The molecule has 1 aromatic rings. The summed E-state index contributed by atoms with van der Waals surface area (Å²) in [4.78, 5) is 13.8. The molecule has 1 aliphatic rings. The second-order valence-electron chi connectivity index (χ2n) is 6.98. The van der Waals surface area contributed by atoms with E-state index in [0.29, 0.717) is 12.1 Å². The Labute approximate surface area is 137 Å². The largest absolute Gasteiger partial charge is 0.444 e. The molecule has 1 atom stereocenters. The van der Waals surface area contributed by atoms with Crippen LogP contribution in [0.3, 0.4) is 0 Å². The SMILES string of the molecule is CN(C(=O)OC(C)(C)C)C1CC=C(c2cc(F)ccc2N)CC1. The summed E-state index contributed by atoms with van der Waals surface area (Å²) in [5, 5.41) is 0. The molecule has 5 heteroatoms. The number of allylic oxidation sites excluding steroid dienone is 1. The van der Waals surface area contributed by atoms with Crippen LogP contribution in [-0.2, 0) is 4.74 Å².